The van der Waals surface area contributed by atoms with Gasteiger partial charge in [0.1, 0.15) is 5.41 Å². The Kier molecular flexibility index (Phi) is 10.3. The van der Waals surface area contributed by atoms with Gasteiger partial charge in [-0.2, -0.15) is 0 Å². The van der Waals surface area contributed by atoms with Crippen molar-refractivity contribution < 1.29 is 9.53 Å². The van der Waals surface area contributed by atoms with Crippen LogP contribution >= 0.6 is 0 Å². The number of fused-ring (bicyclic) bond motifs is 1. The van der Waals surface area contributed by atoms with Crippen LogP contribution in [0.3, 0.4) is 0 Å². The lowest BCUT2D eigenvalue weighted by molar-refractivity contribution is -0.122. The SMILES string of the molecule is C=C/C=C(\C=C)C(CCC)CCC.CCCC1(c2ccccc2)C(=O)N(CC2CO2)c2ccccc21. The first-order valence-electron chi connectivity index (χ1n) is 13.6. The maximum Gasteiger partial charge on any atom is 0.242 e. The first kappa shape index (κ1) is 27.7. The van der Waals surface area contributed by atoms with E-state index in [0.29, 0.717) is 12.5 Å². The Hall–Kier alpha value is -2.91. The Balaban J connectivity index is 0.000000240. The van der Waals surface area contributed by atoms with Gasteiger partial charge in [-0.15, -0.1) is 0 Å². The molecule has 2 aromatic rings. The molecule has 4 rings (SSSR count). The number of amides is 1. The molecule has 1 amide bonds. The fourth-order valence-electron chi connectivity index (χ4n) is 5.53. The molecule has 0 aliphatic carbocycles. The number of anilines is 1. The van der Waals surface area contributed by atoms with Crippen LogP contribution in [0.5, 0.6) is 0 Å². The zero-order valence-electron chi connectivity index (χ0n) is 22.4. The number of nitrogens with zero attached hydrogens (tertiary/aromatic N) is 1. The van der Waals surface area contributed by atoms with E-state index in [1.807, 2.05) is 47.4 Å². The quantitative estimate of drug-likeness (QED) is 0.225. The van der Waals surface area contributed by atoms with E-state index >= 15 is 0 Å². The van der Waals surface area contributed by atoms with Gasteiger partial charge in [0, 0.05) is 5.69 Å². The van der Waals surface area contributed by atoms with E-state index in [2.05, 4.69) is 64.3 Å². The van der Waals surface area contributed by atoms with Gasteiger partial charge in [0.15, 0.2) is 0 Å². The number of rotatable bonds is 12. The number of epoxide rings is 1. The van der Waals surface area contributed by atoms with E-state index in [1.54, 1.807) is 0 Å². The summed E-state index contributed by atoms with van der Waals surface area (Å²) in [6.45, 7) is 15.6. The minimum Gasteiger partial charge on any atom is -0.371 e. The van der Waals surface area contributed by atoms with Crippen LogP contribution in [0.2, 0.25) is 0 Å². The van der Waals surface area contributed by atoms with Gasteiger partial charge in [0.05, 0.1) is 19.3 Å². The van der Waals surface area contributed by atoms with Crippen LogP contribution in [0.4, 0.5) is 5.69 Å². The third-order valence-corrected chi connectivity index (χ3v) is 7.24. The van der Waals surface area contributed by atoms with Crippen molar-refractivity contribution in [3.8, 4) is 0 Å². The lowest BCUT2D eigenvalue weighted by Crippen LogP contribution is -2.42. The van der Waals surface area contributed by atoms with E-state index in [4.69, 9.17) is 4.74 Å². The van der Waals surface area contributed by atoms with E-state index in [0.717, 1.165) is 36.3 Å². The van der Waals surface area contributed by atoms with Gasteiger partial charge in [0.2, 0.25) is 5.91 Å². The summed E-state index contributed by atoms with van der Waals surface area (Å²) in [4.78, 5) is 15.4. The summed E-state index contributed by atoms with van der Waals surface area (Å²) in [5.41, 5.74) is 4.07. The molecular formula is C33H43NO2. The Morgan fingerprint density at radius 3 is 2.22 bits per heavy atom. The molecule has 2 unspecified atom stereocenters. The van der Waals surface area contributed by atoms with E-state index in [9.17, 15) is 4.79 Å². The molecule has 192 valence electrons. The zero-order valence-corrected chi connectivity index (χ0v) is 22.4. The molecule has 2 aromatic carbocycles. The molecule has 36 heavy (non-hydrogen) atoms. The molecule has 0 aromatic heterocycles. The number of benzene rings is 2. The van der Waals surface area contributed by atoms with Crippen molar-refractivity contribution in [2.75, 3.05) is 18.1 Å². The molecule has 2 aliphatic heterocycles. The molecular weight excluding hydrogens is 442 g/mol. The Labute approximate surface area is 218 Å². The smallest absolute Gasteiger partial charge is 0.242 e. The third-order valence-electron chi connectivity index (χ3n) is 7.24. The predicted octanol–water partition coefficient (Wildman–Crippen LogP) is 8.02. The minimum absolute atomic E-state index is 0.195. The van der Waals surface area contributed by atoms with Gasteiger partial charge < -0.3 is 9.64 Å². The molecule has 0 saturated carbocycles. The number of carbonyl (C=O) groups excluding carboxylic acids is 1. The van der Waals surface area contributed by atoms with Crippen LogP contribution in [0.15, 0.2) is 91.6 Å². The fraction of sp³-hybridized carbons (Fsp3) is 0.424. The van der Waals surface area contributed by atoms with Crippen LogP contribution in [0.1, 0.15) is 70.4 Å². The predicted molar refractivity (Wildman–Crippen MR) is 152 cm³/mol. The van der Waals surface area contributed by atoms with Crippen molar-refractivity contribution in [3.63, 3.8) is 0 Å². The van der Waals surface area contributed by atoms with Crippen molar-refractivity contribution in [3.05, 3.63) is 103 Å². The van der Waals surface area contributed by atoms with Crippen LogP contribution < -0.4 is 4.90 Å². The van der Waals surface area contributed by atoms with Crippen LogP contribution in [0, 0.1) is 5.92 Å². The highest BCUT2D eigenvalue weighted by atomic mass is 16.6. The molecule has 2 aliphatic rings. The van der Waals surface area contributed by atoms with Crippen LogP contribution in [-0.2, 0) is 14.9 Å². The fourth-order valence-corrected chi connectivity index (χ4v) is 5.53. The Bertz CT molecular complexity index is 1030. The van der Waals surface area contributed by atoms with Gasteiger partial charge in [0.25, 0.3) is 0 Å². The molecule has 0 radical (unpaired) electrons. The van der Waals surface area contributed by atoms with Crippen molar-refractivity contribution in [1.82, 2.24) is 0 Å². The van der Waals surface area contributed by atoms with Crippen molar-refractivity contribution >= 4 is 11.6 Å². The molecule has 2 heterocycles. The summed E-state index contributed by atoms with van der Waals surface area (Å²) in [7, 11) is 0. The monoisotopic (exact) mass is 485 g/mol. The number of para-hydroxylation sites is 1. The number of carbonyl (C=O) groups is 1. The van der Waals surface area contributed by atoms with Gasteiger partial charge in [-0.1, -0.05) is 120 Å². The highest BCUT2D eigenvalue weighted by molar-refractivity contribution is 6.10. The zero-order chi connectivity index (χ0) is 26.0. The number of hydrogen-bond acceptors (Lipinski definition) is 2. The van der Waals surface area contributed by atoms with Gasteiger partial charge in [-0.05, 0) is 47.9 Å². The summed E-state index contributed by atoms with van der Waals surface area (Å²) in [6.07, 6.45) is 12.9. The molecule has 0 N–H and O–H groups in total. The summed E-state index contributed by atoms with van der Waals surface area (Å²) < 4.78 is 5.37. The van der Waals surface area contributed by atoms with Crippen molar-refractivity contribution in [1.29, 1.82) is 0 Å². The molecule has 1 fully saturated rings. The molecule has 1 saturated heterocycles. The number of hydrogen-bond donors (Lipinski definition) is 0. The highest BCUT2D eigenvalue weighted by Gasteiger charge is 2.52. The second kappa shape index (κ2) is 13.4. The van der Waals surface area contributed by atoms with E-state index in [1.165, 1.54) is 31.3 Å². The van der Waals surface area contributed by atoms with Gasteiger partial charge in [-0.25, -0.2) is 0 Å². The second-order valence-electron chi connectivity index (χ2n) is 9.79. The molecule has 0 spiro atoms. The van der Waals surface area contributed by atoms with E-state index in [-0.39, 0.29) is 12.0 Å². The Morgan fingerprint density at radius 2 is 1.67 bits per heavy atom. The van der Waals surface area contributed by atoms with Crippen LogP contribution in [-0.4, -0.2) is 25.2 Å². The lowest BCUT2D eigenvalue weighted by Gasteiger charge is -2.29. The number of allylic oxidation sites excluding steroid dienone is 4. The first-order valence-corrected chi connectivity index (χ1v) is 13.6. The normalized spacial score (nSPS) is 20.6. The Morgan fingerprint density at radius 1 is 1.03 bits per heavy atom. The summed E-state index contributed by atoms with van der Waals surface area (Å²) in [5.74, 6) is 0.882. The van der Waals surface area contributed by atoms with Crippen molar-refractivity contribution in [2.24, 2.45) is 5.92 Å². The molecule has 0 bridgehead atoms. The van der Waals surface area contributed by atoms with Crippen molar-refractivity contribution in [2.45, 2.75) is 70.8 Å². The molecule has 3 nitrogen and oxygen atoms in total. The average molecular weight is 486 g/mol. The van der Waals surface area contributed by atoms with Crippen LogP contribution in [0.25, 0.3) is 0 Å². The van der Waals surface area contributed by atoms with Gasteiger partial charge in [-0.3, -0.25) is 4.79 Å². The summed E-state index contributed by atoms with van der Waals surface area (Å²) in [5, 5.41) is 0. The highest BCUT2D eigenvalue weighted by Crippen LogP contribution is 2.49. The molecule has 2 atom stereocenters. The topological polar surface area (TPSA) is 32.8 Å². The maximum atomic E-state index is 13.5. The standard InChI is InChI=1S/C20H21NO2.C13H22/c1-2-12-20(15-8-4-3-5-9-15)17-10-6-7-11-18(17)21(19(20)22)13-16-14-23-16;1-5-9-12(8-4)13(10-6-2)11-7-3/h3-11,16H,2,12-14H2,1H3;5,8-9,13H,1,4,6-7,10-11H2,2-3H3/b;12-9+. The average Bonchev–Trinajstić information content (AvgIpc) is 3.70. The van der Waals surface area contributed by atoms with Gasteiger partial charge >= 0.3 is 0 Å². The molecule has 3 heteroatoms. The first-order chi connectivity index (χ1) is 17.6. The lowest BCUT2D eigenvalue weighted by atomic mass is 9.72. The minimum atomic E-state index is -0.554. The van der Waals surface area contributed by atoms with E-state index < -0.39 is 5.41 Å². The largest absolute Gasteiger partial charge is 0.371 e. The number of ether oxygens (including phenoxy) is 1. The third kappa shape index (κ3) is 6.07. The summed E-state index contributed by atoms with van der Waals surface area (Å²) in [6, 6.07) is 18.5. The summed E-state index contributed by atoms with van der Waals surface area (Å²) >= 11 is 0. The second-order valence-corrected chi connectivity index (χ2v) is 9.79. The maximum absolute atomic E-state index is 13.5.